The van der Waals surface area contributed by atoms with Crippen molar-refractivity contribution in [3.63, 3.8) is 0 Å². The number of rotatable bonds is 6. The van der Waals surface area contributed by atoms with Crippen LogP contribution in [0.1, 0.15) is 5.69 Å². The maximum absolute atomic E-state index is 11.7. The highest BCUT2D eigenvalue weighted by atomic mass is 32.2. The van der Waals surface area contributed by atoms with Gasteiger partial charge in [0.15, 0.2) is 0 Å². The average Bonchev–Trinajstić information content (AvgIpc) is 2.27. The van der Waals surface area contributed by atoms with E-state index in [1.165, 1.54) is 12.1 Å². The van der Waals surface area contributed by atoms with Gasteiger partial charge < -0.3 is 5.73 Å². The van der Waals surface area contributed by atoms with Crippen LogP contribution in [0.15, 0.2) is 23.2 Å². The zero-order valence-corrected chi connectivity index (χ0v) is 12.1. The first-order valence-corrected chi connectivity index (χ1v) is 8.48. The van der Waals surface area contributed by atoms with Crippen molar-refractivity contribution in [3.8, 4) is 0 Å². The molecule has 0 bridgehead atoms. The number of sulfonamides is 2. The van der Waals surface area contributed by atoms with Crippen molar-refractivity contribution >= 4 is 37.3 Å². The highest BCUT2D eigenvalue weighted by Gasteiger charge is 2.15. The van der Waals surface area contributed by atoms with E-state index in [0.717, 1.165) is 6.20 Å². The molecule has 1 aromatic rings. The van der Waals surface area contributed by atoms with E-state index in [1.807, 2.05) is 0 Å². The van der Waals surface area contributed by atoms with Gasteiger partial charge in [-0.2, -0.15) is 0 Å². The molecule has 19 heavy (non-hydrogen) atoms. The average molecular weight is 324 g/mol. The first-order valence-electron chi connectivity index (χ1n) is 4.88. The van der Waals surface area contributed by atoms with Crippen LogP contribution in [0.5, 0.6) is 0 Å². The Bertz CT molecular complexity index is 666. The van der Waals surface area contributed by atoms with Gasteiger partial charge in [0, 0.05) is 12.7 Å². The van der Waals surface area contributed by atoms with E-state index in [-0.39, 0.29) is 16.4 Å². The monoisotopic (exact) mass is 324 g/mol. The van der Waals surface area contributed by atoms with E-state index in [9.17, 15) is 16.8 Å². The summed E-state index contributed by atoms with van der Waals surface area (Å²) < 4.78 is 46.9. The van der Waals surface area contributed by atoms with Gasteiger partial charge in [-0.05, 0) is 12.1 Å². The van der Waals surface area contributed by atoms with Gasteiger partial charge in [0.2, 0.25) is 20.0 Å². The van der Waals surface area contributed by atoms with Crippen molar-refractivity contribution in [1.29, 1.82) is 0 Å². The summed E-state index contributed by atoms with van der Waals surface area (Å²) in [4.78, 5) is 3.70. The smallest absolute Gasteiger partial charge is 0.242 e. The molecule has 0 aliphatic carbocycles. The SMILES string of the molecule is NC(=S)c1ccc(S(=O)(=O)NCCS(N)(=O)=O)cn1. The summed E-state index contributed by atoms with van der Waals surface area (Å²) in [5.74, 6) is -0.495. The van der Waals surface area contributed by atoms with Crippen LogP contribution < -0.4 is 15.6 Å². The Morgan fingerprint density at radius 2 is 1.95 bits per heavy atom. The fourth-order valence-corrected chi connectivity index (χ4v) is 2.70. The summed E-state index contributed by atoms with van der Waals surface area (Å²) in [5, 5.41) is 4.75. The zero-order chi connectivity index (χ0) is 14.7. The predicted molar refractivity (Wildman–Crippen MR) is 73.3 cm³/mol. The number of hydrogen-bond acceptors (Lipinski definition) is 6. The maximum atomic E-state index is 11.7. The van der Waals surface area contributed by atoms with Crippen molar-refractivity contribution in [2.24, 2.45) is 10.9 Å². The van der Waals surface area contributed by atoms with Gasteiger partial charge in [-0.15, -0.1) is 0 Å². The van der Waals surface area contributed by atoms with Crippen LogP contribution in [-0.4, -0.2) is 39.1 Å². The molecule has 0 unspecified atom stereocenters. The number of aromatic nitrogens is 1. The highest BCUT2D eigenvalue weighted by Crippen LogP contribution is 2.07. The summed E-state index contributed by atoms with van der Waals surface area (Å²) in [7, 11) is -7.56. The first-order chi connectivity index (χ1) is 8.62. The lowest BCUT2D eigenvalue weighted by atomic mass is 10.3. The number of primary sulfonamides is 1. The van der Waals surface area contributed by atoms with Gasteiger partial charge in [0.25, 0.3) is 0 Å². The van der Waals surface area contributed by atoms with Gasteiger partial charge in [-0.3, -0.25) is 4.98 Å². The molecule has 0 aromatic carbocycles. The molecule has 0 saturated heterocycles. The quantitative estimate of drug-likeness (QED) is 0.528. The lowest BCUT2D eigenvalue weighted by molar-refractivity contribution is 0.581. The minimum atomic E-state index is -3.84. The van der Waals surface area contributed by atoms with Gasteiger partial charge in [-0.1, -0.05) is 12.2 Å². The molecule has 0 fully saturated rings. The van der Waals surface area contributed by atoms with Crippen LogP contribution in [0, 0.1) is 0 Å². The van der Waals surface area contributed by atoms with E-state index >= 15 is 0 Å². The Labute approximate surface area is 116 Å². The molecule has 0 radical (unpaired) electrons. The number of hydrogen-bond donors (Lipinski definition) is 3. The van der Waals surface area contributed by atoms with E-state index in [2.05, 4.69) is 21.9 Å². The lowest BCUT2D eigenvalue weighted by Crippen LogP contribution is -2.31. The summed E-state index contributed by atoms with van der Waals surface area (Å²) in [6, 6.07) is 2.62. The molecule has 0 aliphatic rings. The molecule has 0 saturated carbocycles. The summed E-state index contributed by atoms with van der Waals surface area (Å²) in [6.45, 7) is -0.321. The number of nitrogens with zero attached hydrogens (tertiary/aromatic N) is 1. The molecule has 8 nitrogen and oxygen atoms in total. The molecule has 0 aliphatic heterocycles. The van der Waals surface area contributed by atoms with Crippen LogP contribution in [0.2, 0.25) is 0 Å². The number of nitrogens with one attached hydrogen (secondary N) is 1. The summed E-state index contributed by atoms with van der Waals surface area (Å²) >= 11 is 4.68. The molecule has 1 heterocycles. The summed E-state index contributed by atoms with van der Waals surface area (Å²) in [5.41, 5.74) is 5.61. The molecule has 106 valence electrons. The van der Waals surface area contributed by atoms with Crippen molar-refractivity contribution in [2.75, 3.05) is 12.3 Å². The van der Waals surface area contributed by atoms with Crippen LogP contribution in [0.25, 0.3) is 0 Å². The Balaban J connectivity index is 2.80. The highest BCUT2D eigenvalue weighted by molar-refractivity contribution is 7.90. The van der Waals surface area contributed by atoms with E-state index in [1.54, 1.807) is 0 Å². The molecule has 0 spiro atoms. The van der Waals surface area contributed by atoms with E-state index in [4.69, 9.17) is 10.9 Å². The Morgan fingerprint density at radius 1 is 1.32 bits per heavy atom. The number of thiocarbonyl (C=S) groups is 1. The third-order valence-corrected chi connectivity index (χ3v) is 4.41. The molecular formula is C8H12N4O4S3. The van der Waals surface area contributed by atoms with Crippen molar-refractivity contribution in [1.82, 2.24) is 9.71 Å². The minimum absolute atomic E-state index is 0.0473. The second-order valence-corrected chi connectivity index (χ2v) is 7.45. The van der Waals surface area contributed by atoms with Gasteiger partial charge in [0.1, 0.15) is 9.88 Å². The largest absolute Gasteiger partial charge is 0.388 e. The lowest BCUT2D eigenvalue weighted by Gasteiger charge is -2.06. The van der Waals surface area contributed by atoms with Crippen molar-refractivity contribution < 1.29 is 16.8 Å². The molecule has 5 N–H and O–H groups in total. The molecular weight excluding hydrogens is 312 g/mol. The van der Waals surface area contributed by atoms with E-state index < -0.39 is 25.8 Å². The van der Waals surface area contributed by atoms with E-state index in [0.29, 0.717) is 5.69 Å². The van der Waals surface area contributed by atoms with Crippen LogP contribution in [-0.2, 0) is 20.0 Å². The topological polar surface area (TPSA) is 145 Å². The normalized spacial score (nSPS) is 12.3. The fraction of sp³-hybridized carbons (Fsp3) is 0.250. The van der Waals surface area contributed by atoms with Crippen molar-refractivity contribution in [2.45, 2.75) is 4.90 Å². The second-order valence-electron chi connectivity index (χ2n) is 3.51. The first kappa shape index (κ1) is 15.9. The molecule has 0 amide bonds. The fourth-order valence-electron chi connectivity index (χ4n) is 1.09. The predicted octanol–water partition coefficient (Wildman–Crippen LogP) is -1.72. The number of pyridine rings is 1. The molecule has 1 rings (SSSR count). The third-order valence-electron chi connectivity index (χ3n) is 1.98. The zero-order valence-electron chi connectivity index (χ0n) is 9.61. The Hall–Kier alpha value is -1.14. The van der Waals surface area contributed by atoms with Crippen LogP contribution >= 0.6 is 12.2 Å². The molecule has 11 heteroatoms. The number of nitrogens with two attached hydrogens (primary N) is 2. The minimum Gasteiger partial charge on any atom is -0.388 e. The summed E-state index contributed by atoms with van der Waals surface area (Å²) in [6.07, 6.45) is 1.08. The van der Waals surface area contributed by atoms with Crippen molar-refractivity contribution in [3.05, 3.63) is 24.0 Å². The molecule has 1 aromatic heterocycles. The Kier molecular flexibility index (Phi) is 4.92. The van der Waals surface area contributed by atoms with Gasteiger partial charge >= 0.3 is 0 Å². The second kappa shape index (κ2) is 5.88. The maximum Gasteiger partial charge on any atom is 0.242 e. The standard InChI is InChI=1S/C8H12N4O4S3/c9-8(17)7-2-1-6(5-11-7)19(15,16)12-3-4-18(10,13)14/h1-2,5,12H,3-4H2,(H2,9,17)(H2,10,13,14). The van der Waals surface area contributed by atoms with Gasteiger partial charge in [0.05, 0.1) is 11.4 Å². The molecule has 0 atom stereocenters. The van der Waals surface area contributed by atoms with Crippen LogP contribution in [0.4, 0.5) is 0 Å². The Morgan fingerprint density at radius 3 is 2.37 bits per heavy atom. The van der Waals surface area contributed by atoms with Crippen LogP contribution in [0.3, 0.4) is 0 Å². The third kappa shape index (κ3) is 5.16. The van der Waals surface area contributed by atoms with Gasteiger partial charge in [-0.25, -0.2) is 26.7 Å².